The van der Waals surface area contributed by atoms with Crippen molar-refractivity contribution < 1.29 is 9.53 Å². The predicted octanol–water partition coefficient (Wildman–Crippen LogP) is 4.67. The van der Waals surface area contributed by atoms with E-state index in [1.54, 1.807) is 0 Å². The molecule has 0 atom stereocenters. The Bertz CT molecular complexity index is 1240. The zero-order valence-electron chi connectivity index (χ0n) is 16.9. The molecule has 1 N–H and O–H groups in total. The summed E-state index contributed by atoms with van der Waals surface area (Å²) in [5.74, 6) is -0.0497. The van der Waals surface area contributed by atoms with E-state index >= 15 is 0 Å². The lowest BCUT2D eigenvalue weighted by Crippen LogP contribution is -2.38. The zero-order chi connectivity index (χ0) is 20.5. The molecule has 5 rings (SSSR count). The minimum Gasteiger partial charge on any atom is -0.381 e. The van der Waals surface area contributed by atoms with E-state index < -0.39 is 0 Å². The molecule has 5 heteroatoms. The van der Waals surface area contributed by atoms with Crippen molar-refractivity contribution in [1.82, 2.24) is 15.3 Å². The normalized spacial score (nSPS) is 14.8. The topological polar surface area (TPSA) is 64.1 Å². The van der Waals surface area contributed by atoms with Gasteiger partial charge in [0, 0.05) is 53.0 Å². The van der Waals surface area contributed by atoms with Gasteiger partial charge in [0.1, 0.15) is 0 Å². The average Bonchev–Trinajstić information content (AvgIpc) is 2.78. The number of aryl methyl sites for hydroxylation is 1. The summed E-state index contributed by atoms with van der Waals surface area (Å²) in [6, 6.07) is 18.2. The first kappa shape index (κ1) is 18.7. The van der Waals surface area contributed by atoms with Crippen LogP contribution in [0.25, 0.3) is 32.9 Å². The van der Waals surface area contributed by atoms with E-state index in [9.17, 15) is 4.79 Å². The van der Waals surface area contributed by atoms with Gasteiger partial charge in [-0.3, -0.25) is 14.8 Å². The summed E-state index contributed by atoms with van der Waals surface area (Å²) in [5, 5.41) is 5.19. The third kappa shape index (κ3) is 3.53. The van der Waals surface area contributed by atoms with E-state index in [0.717, 1.165) is 51.5 Å². The Morgan fingerprint density at radius 3 is 2.73 bits per heavy atom. The molecule has 5 nitrogen and oxygen atoms in total. The SMILES string of the molecule is Cc1cc(-c2cccc3cccnc23)c2cc(C(=O)NC3CCOCC3)ccc2n1. The van der Waals surface area contributed by atoms with Crippen molar-refractivity contribution in [1.29, 1.82) is 0 Å². The number of aromatic nitrogens is 2. The van der Waals surface area contributed by atoms with Crippen molar-refractivity contribution in [3.05, 3.63) is 72.1 Å². The molecular formula is C25H23N3O2. The monoisotopic (exact) mass is 397 g/mol. The summed E-state index contributed by atoms with van der Waals surface area (Å²) in [7, 11) is 0. The van der Waals surface area contributed by atoms with Crippen LogP contribution in [0.4, 0.5) is 0 Å². The van der Waals surface area contributed by atoms with Crippen LogP contribution in [0.1, 0.15) is 28.9 Å². The standard InChI is InChI=1S/C25H23N3O2/c1-16-14-21(20-6-2-4-17-5-3-11-26-24(17)20)22-15-18(7-8-23(22)27-16)25(29)28-19-9-12-30-13-10-19/h2-8,11,14-15,19H,9-10,12-13H2,1H3,(H,28,29). The number of rotatable bonds is 3. The summed E-state index contributed by atoms with van der Waals surface area (Å²) >= 11 is 0. The quantitative estimate of drug-likeness (QED) is 0.546. The van der Waals surface area contributed by atoms with Gasteiger partial charge in [-0.2, -0.15) is 0 Å². The van der Waals surface area contributed by atoms with Crippen molar-refractivity contribution in [2.24, 2.45) is 0 Å². The maximum Gasteiger partial charge on any atom is 0.251 e. The number of carbonyl (C=O) groups excluding carboxylic acids is 1. The highest BCUT2D eigenvalue weighted by molar-refractivity contribution is 6.06. The Morgan fingerprint density at radius 2 is 1.87 bits per heavy atom. The summed E-state index contributed by atoms with van der Waals surface area (Å²) < 4.78 is 5.39. The molecule has 1 aliphatic heterocycles. The number of nitrogens with zero attached hydrogens (tertiary/aromatic N) is 2. The lowest BCUT2D eigenvalue weighted by Gasteiger charge is -2.23. The smallest absolute Gasteiger partial charge is 0.251 e. The van der Waals surface area contributed by atoms with E-state index in [2.05, 4.69) is 39.6 Å². The minimum atomic E-state index is -0.0497. The highest BCUT2D eigenvalue weighted by atomic mass is 16.5. The van der Waals surface area contributed by atoms with Gasteiger partial charge in [-0.05, 0) is 55.7 Å². The number of benzene rings is 2. The zero-order valence-corrected chi connectivity index (χ0v) is 16.9. The van der Waals surface area contributed by atoms with Crippen molar-refractivity contribution in [2.45, 2.75) is 25.8 Å². The van der Waals surface area contributed by atoms with Crippen molar-refractivity contribution >= 4 is 27.7 Å². The maximum atomic E-state index is 12.9. The van der Waals surface area contributed by atoms with Crippen LogP contribution < -0.4 is 5.32 Å². The average molecular weight is 397 g/mol. The number of carbonyl (C=O) groups is 1. The molecule has 1 aliphatic rings. The van der Waals surface area contributed by atoms with Gasteiger partial charge in [0.25, 0.3) is 5.91 Å². The first-order chi connectivity index (χ1) is 14.7. The molecule has 0 saturated carbocycles. The van der Waals surface area contributed by atoms with Crippen molar-refractivity contribution in [2.75, 3.05) is 13.2 Å². The van der Waals surface area contributed by atoms with Crippen LogP contribution in [0.2, 0.25) is 0 Å². The summed E-state index contributed by atoms with van der Waals surface area (Å²) in [6.45, 7) is 3.39. The van der Waals surface area contributed by atoms with Gasteiger partial charge in [0.05, 0.1) is 11.0 Å². The van der Waals surface area contributed by atoms with E-state index in [0.29, 0.717) is 18.8 Å². The number of pyridine rings is 2. The molecule has 0 unspecified atom stereocenters. The lowest BCUT2D eigenvalue weighted by atomic mass is 9.96. The molecule has 150 valence electrons. The molecule has 30 heavy (non-hydrogen) atoms. The number of para-hydroxylation sites is 1. The van der Waals surface area contributed by atoms with Gasteiger partial charge in [0.15, 0.2) is 0 Å². The Morgan fingerprint density at radius 1 is 1.03 bits per heavy atom. The lowest BCUT2D eigenvalue weighted by molar-refractivity contribution is 0.0696. The summed E-state index contributed by atoms with van der Waals surface area (Å²) in [4.78, 5) is 22.2. The molecule has 0 bridgehead atoms. The van der Waals surface area contributed by atoms with Crippen LogP contribution in [0.3, 0.4) is 0 Å². The molecule has 2 aromatic carbocycles. The van der Waals surface area contributed by atoms with Crippen molar-refractivity contribution in [3.8, 4) is 11.1 Å². The second kappa shape index (κ2) is 7.84. The molecule has 1 fully saturated rings. The molecule has 0 radical (unpaired) electrons. The highest BCUT2D eigenvalue weighted by Crippen LogP contribution is 2.33. The fourth-order valence-electron chi connectivity index (χ4n) is 4.15. The Kier molecular flexibility index (Phi) is 4.89. The third-order valence-electron chi connectivity index (χ3n) is 5.68. The van der Waals surface area contributed by atoms with Gasteiger partial charge >= 0.3 is 0 Å². The Labute approximate surface area is 175 Å². The number of hydrogen-bond donors (Lipinski definition) is 1. The second-order valence-electron chi connectivity index (χ2n) is 7.78. The van der Waals surface area contributed by atoms with Gasteiger partial charge in [-0.15, -0.1) is 0 Å². The third-order valence-corrected chi connectivity index (χ3v) is 5.68. The molecule has 1 saturated heterocycles. The van der Waals surface area contributed by atoms with Gasteiger partial charge in [-0.25, -0.2) is 0 Å². The highest BCUT2D eigenvalue weighted by Gasteiger charge is 2.18. The number of ether oxygens (including phenoxy) is 1. The van der Waals surface area contributed by atoms with Gasteiger partial charge in [0.2, 0.25) is 0 Å². The van der Waals surface area contributed by atoms with E-state index in [1.807, 2.05) is 43.5 Å². The maximum absolute atomic E-state index is 12.9. The van der Waals surface area contributed by atoms with Crippen LogP contribution in [-0.4, -0.2) is 35.1 Å². The Balaban J connectivity index is 1.61. The molecule has 1 amide bonds. The molecule has 2 aromatic heterocycles. The van der Waals surface area contributed by atoms with E-state index in [-0.39, 0.29) is 11.9 Å². The fourth-order valence-corrected chi connectivity index (χ4v) is 4.15. The number of amides is 1. The first-order valence-electron chi connectivity index (χ1n) is 10.3. The van der Waals surface area contributed by atoms with Gasteiger partial charge < -0.3 is 10.1 Å². The summed E-state index contributed by atoms with van der Waals surface area (Å²) in [5.41, 5.74) is 5.50. The molecular weight excluding hydrogens is 374 g/mol. The molecule has 3 heterocycles. The van der Waals surface area contributed by atoms with Gasteiger partial charge in [-0.1, -0.05) is 24.3 Å². The van der Waals surface area contributed by atoms with Crippen molar-refractivity contribution in [3.63, 3.8) is 0 Å². The predicted molar refractivity (Wildman–Crippen MR) is 119 cm³/mol. The molecule has 0 aliphatic carbocycles. The molecule has 4 aromatic rings. The second-order valence-corrected chi connectivity index (χ2v) is 7.78. The number of hydrogen-bond acceptors (Lipinski definition) is 4. The summed E-state index contributed by atoms with van der Waals surface area (Å²) in [6.07, 6.45) is 3.52. The molecule has 0 spiro atoms. The van der Waals surface area contributed by atoms with E-state index in [4.69, 9.17) is 4.74 Å². The van der Waals surface area contributed by atoms with Crippen LogP contribution in [0.15, 0.2) is 60.8 Å². The first-order valence-corrected chi connectivity index (χ1v) is 10.3. The van der Waals surface area contributed by atoms with Crippen LogP contribution in [0.5, 0.6) is 0 Å². The van der Waals surface area contributed by atoms with E-state index in [1.165, 1.54) is 0 Å². The number of fused-ring (bicyclic) bond motifs is 2. The van der Waals surface area contributed by atoms with Crippen LogP contribution in [-0.2, 0) is 4.74 Å². The largest absolute Gasteiger partial charge is 0.381 e. The van der Waals surface area contributed by atoms with Crippen LogP contribution >= 0.6 is 0 Å². The fraction of sp³-hybridized carbons (Fsp3) is 0.240. The Hall–Kier alpha value is -3.31. The van der Waals surface area contributed by atoms with Crippen LogP contribution in [0, 0.1) is 6.92 Å². The minimum absolute atomic E-state index is 0.0497. The number of nitrogens with one attached hydrogen (secondary N) is 1.